The number of carboxylic acids is 1. The van der Waals surface area contributed by atoms with Crippen molar-refractivity contribution >= 4 is 17.3 Å². The Labute approximate surface area is 174 Å². The number of carbonyl (C=O) groups is 1. The zero-order valence-electron chi connectivity index (χ0n) is 17.3. The molecule has 166 valence electrons. The van der Waals surface area contributed by atoms with E-state index < -0.39 is 24.0 Å². The van der Waals surface area contributed by atoms with Gasteiger partial charge in [-0.1, -0.05) is 0 Å². The summed E-state index contributed by atoms with van der Waals surface area (Å²) in [6, 6.07) is 4.42. The van der Waals surface area contributed by atoms with E-state index in [0.717, 1.165) is 30.8 Å². The molecule has 0 atom stereocenters. The van der Waals surface area contributed by atoms with Crippen LogP contribution in [0.4, 0.5) is 24.5 Å². The maximum Gasteiger partial charge on any atom is 0.337 e. The number of rotatable bonds is 6. The summed E-state index contributed by atoms with van der Waals surface area (Å²) < 4.78 is 46.5. The lowest BCUT2D eigenvalue weighted by Crippen LogP contribution is -2.42. The fraction of sp³-hybridized carbons (Fsp3) is 0.571. The van der Waals surface area contributed by atoms with Crippen molar-refractivity contribution in [3.63, 3.8) is 0 Å². The van der Waals surface area contributed by atoms with Crippen LogP contribution in [0.15, 0.2) is 30.2 Å². The molecular weight excluding hydrogens is 399 g/mol. The number of hydrogen-bond acceptors (Lipinski definition) is 5. The van der Waals surface area contributed by atoms with Crippen molar-refractivity contribution in [1.29, 1.82) is 0 Å². The van der Waals surface area contributed by atoms with E-state index in [1.165, 1.54) is 12.1 Å². The largest absolute Gasteiger partial charge is 0.478 e. The Morgan fingerprint density at radius 3 is 2.23 bits per heavy atom. The van der Waals surface area contributed by atoms with E-state index in [1.54, 1.807) is 6.07 Å². The minimum atomic E-state index is -2.46. The molecule has 2 saturated heterocycles. The Morgan fingerprint density at radius 1 is 1.07 bits per heavy atom. The standard InChI is InChI=1S/C21H28F3N3O3/c1-25(2)14-5-9-26(10-6-14)16-3-4-17(21(28)29)18(13-16)27(20(24)19(22)23)15-7-11-30-12-8-15/h3-4,13-15H,5-12H2,1-2H3,(H,28,29). The fourth-order valence-electron chi connectivity index (χ4n) is 4.23. The van der Waals surface area contributed by atoms with Crippen LogP contribution in [0.3, 0.4) is 0 Å². The predicted octanol–water partition coefficient (Wildman–Crippen LogP) is 3.94. The highest BCUT2D eigenvalue weighted by Gasteiger charge is 2.32. The smallest absolute Gasteiger partial charge is 0.337 e. The second-order valence-corrected chi connectivity index (χ2v) is 7.95. The topological polar surface area (TPSA) is 56.2 Å². The number of nitrogens with zero attached hydrogens (tertiary/aromatic N) is 3. The molecule has 0 saturated carbocycles. The molecule has 1 aromatic carbocycles. The molecule has 1 N–H and O–H groups in total. The lowest BCUT2D eigenvalue weighted by atomic mass is 10.0. The molecule has 0 bridgehead atoms. The third-order valence-corrected chi connectivity index (χ3v) is 5.95. The first-order valence-corrected chi connectivity index (χ1v) is 10.2. The van der Waals surface area contributed by atoms with Crippen LogP contribution >= 0.6 is 0 Å². The van der Waals surface area contributed by atoms with Gasteiger partial charge in [0.2, 0.25) is 0 Å². The molecule has 0 radical (unpaired) electrons. The van der Waals surface area contributed by atoms with Crippen LogP contribution in [0.2, 0.25) is 0 Å². The predicted molar refractivity (Wildman–Crippen MR) is 109 cm³/mol. The van der Waals surface area contributed by atoms with Gasteiger partial charge in [0.25, 0.3) is 5.95 Å². The van der Waals surface area contributed by atoms with Crippen LogP contribution in [-0.4, -0.2) is 68.5 Å². The average molecular weight is 427 g/mol. The summed E-state index contributed by atoms with van der Waals surface area (Å²) in [4.78, 5) is 16.9. The number of aromatic carboxylic acids is 1. The fourth-order valence-corrected chi connectivity index (χ4v) is 4.23. The molecule has 0 aromatic heterocycles. The quantitative estimate of drug-likeness (QED) is 0.695. The van der Waals surface area contributed by atoms with Gasteiger partial charge < -0.3 is 24.5 Å². The first-order valence-electron chi connectivity index (χ1n) is 10.2. The van der Waals surface area contributed by atoms with Crippen LogP contribution in [0.1, 0.15) is 36.0 Å². The summed E-state index contributed by atoms with van der Waals surface area (Å²) in [5.41, 5.74) is 0.452. The number of halogens is 3. The molecule has 0 aliphatic carbocycles. The maximum atomic E-state index is 14.6. The third-order valence-electron chi connectivity index (χ3n) is 5.95. The number of anilines is 2. The Kier molecular flexibility index (Phi) is 7.25. The summed E-state index contributed by atoms with van der Waals surface area (Å²) in [6.07, 6.45) is 0.0614. The molecule has 9 heteroatoms. The summed E-state index contributed by atoms with van der Waals surface area (Å²) >= 11 is 0. The van der Waals surface area contributed by atoms with Crippen molar-refractivity contribution < 1.29 is 27.8 Å². The van der Waals surface area contributed by atoms with Gasteiger partial charge in [0, 0.05) is 44.1 Å². The summed E-state index contributed by atoms with van der Waals surface area (Å²) in [5.74, 6) is -2.99. The van der Waals surface area contributed by atoms with E-state index in [1.807, 2.05) is 14.1 Å². The van der Waals surface area contributed by atoms with Gasteiger partial charge in [-0.3, -0.25) is 0 Å². The molecule has 1 aromatic rings. The molecule has 2 aliphatic heterocycles. The molecule has 30 heavy (non-hydrogen) atoms. The monoisotopic (exact) mass is 427 g/mol. The highest BCUT2D eigenvalue weighted by atomic mass is 19.3. The lowest BCUT2D eigenvalue weighted by Gasteiger charge is -2.38. The molecule has 0 unspecified atom stereocenters. The van der Waals surface area contributed by atoms with Crippen molar-refractivity contribution in [3.8, 4) is 0 Å². The third kappa shape index (κ3) is 4.89. The van der Waals surface area contributed by atoms with E-state index in [2.05, 4.69) is 9.80 Å². The second-order valence-electron chi connectivity index (χ2n) is 7.95. The van der Waals surface area contributed by atoms with Crippen molar-refractivity contribution in [1.82, 2.24) is 4.90 Å². The molecule has 0 spiro atoms. The second kappa shape index (κ2) is 9.70. The van der Waals surface area contributed by atoms with Crippen LogP contribution in [0.25, 0.3) is 0 Å². The van der Waals surface area contributed by atoms with Crippen molar-refractivity contribution in [2.24, 2.45) is 0 Å². The van der Waals surface area contributed by atoms with Crippen molar-refractivity contribution in [3.05, 3.63) is 35.8 Å². The molecule has 2 aliphatic rings. The molecule has 3 rings (SSSR count). The normalized spacial score (nSPS) is 18.5. The van der Waals surface area contributed by atoms with E-state index in [4.69, 9.17) is 4.74 Å². The summed E-state index contributed by atoms with van der Waals surface area (Å²) in [5, 5.41) is 9.63. The molecule has 0 amide bonds. The Morgan fingerprint density at radius 2 is 1.70 bits per heavy atom. The van der Waals surface area contributed by atoms with Gasteiger partial charge in [-0.15, -0.1) is 0 Å². The maximum absolute atomic E-state index is 14.6. The average Bonchev–Trinajstić information content (AvgIpc) is 2.74. The minimum Gasteiger partial charge on any atom is -0.478 e. The molecule has 2 fully saturated rings. The Balaban J connectivity index is 1.98. The Bertz CT molecular complexity index is 785. The Hall–Kier alpha value is -2.26. The van der Waals surface area contributed by atoms with Gasteiger partial charge in [-0.05, 0) is 58.0 Å². The van der Waals surface area contributed by atoms with Gasteiger partial charge in [-0.2, -0.15) is 13.2 Å². The van der Waals surface area contributed by atoms with Gasteiger partial charge >= 0.3 is 12.0 Å². The summed E-state index contributed by atoms with van der Waals surface area (Å²) in [7, 11) is 4.07. The van der Waals surface area contributed by atoms with Gasteiger partial charge in [0.15, 0.2) is 0 Å². The molecule has 2 heterocycles. The van der Waals surface area contributed by atoms with E-state index in [-0.39, 0.29) is 11.3 Å². The number of carboxylic acid groups (broad SMARTS) is 1. The van der Waals surface area contributed by atoms with Crippen LogP contribution in [-0.2, 0) is 4.74 Å². The first kappa shape index (κ1) is 22.4. The number of benzene rings is 1. The first-order chi connectivity index (χ1) is 14.3. The number of piperidine rings is 1. The van der Waals surface area contributed by atoms with Crippen LogP contribution in [0, 0.1) is 0 Å². The zero-order valence-corrected chi connectivity index (χ0v) is 17.3. The van der Waals surface area contributed by atoms with Gasteiger partial charge in [-0.25, -0.2) is 4.79 Å². The highest BCUT2D eigenvalue weighted by Crippen LogP contribution is 2.36. The van der Waals surface area contributed by atoms with Crippen LogP contribution < -0.4 is 9.80 Å². The van der Waals surface area contributed by atoms with E-state index in [0.29, 0.717) is 37.8 Å². The van der Waals surface area contributed by atoms with Crippen molar-refractivity contribution in [2.45, 2.75) is 37.8 Å². The zero-order chi connectivity index (χ0) is 21.8. The number of ether oxygens (including phenoxy) is 1. The van der Waals surface area contributed by atoms with Gasteiger partial charge in [0.05, 0.1) is 11.3 Å². The minimum absolute atomic E-state index is 0.0491. The van der Waals surface area contributed by atoms with E-state index >= 15 is 0 Å². The van der Waals surface area contributed by atoms with E-state index in [9.17, 15) is 23.1 Å². The summed E-state index contributed by atoms with van der Waals surface area (Å²) in [6.45, 7) is 2.12. The SMILES string of the molecule is CN(C)C1CCN(c2ccc(C(=O)O)c(N(C(F)=C(F)F)C3CCOCC3)c2)CC1. The van der Waals surface area contributed by atoms with Crippen LogP contribution in [0.5, 0.6) is 0 Å². The highest BCUT2D eigenvalue weighted by molar-refractivity contribution is 5.96. The van der Waals surface area contributed by atoms with Crippen molar-refractivity contribution in [2.75, 3.05) is 50.2 Å². The number of hydrogen-bond donors (Lipinski definition) is 1. The lowest BCUT2D eigenvalue weighted by molar-refractivity contribution is 0.0696. The van der Waals surface area contributed by atoms with Gasteiger partial charge in [0.1, 0.15) is 0 Å². The molecular formula is C21H28F3N3O3. The molecule has 6 nitrogen and oxygen atoms in total.